The number of anilines is 1. The average molecular weight is 332 g/mol. The van der Waals surface area contributed by atoms with Crippen LogP contribution >= 0.6 is 15.9 Å². The zero-order valence-corrected chi connectivity index (χ0v) is 12.6. The molecular formula is C16H14BrNO2. The summed E-state index contributed by atoms with van der Waals surface area (Å²) < 4.78 is 0.719. The van der Waals surface area contributed by atoms with Crippen molar-refractivity contribution in [3.05, 3.63) is 64.1 Å². The van der Waals surface area contributed by atoms with Gasteiger partial charge >= 0.3 is 0 Å². The zero-order valence-electron chi connectivity index (χ0n) is 11.0. The van der Waals surface area contributed by atoms with Crippen LogP contribution in [0.25, 0.3) is 0 Å². The molecule has 20 heavy (non-hydrogen) atoms. The first-order chi connectivity index (χ1) is 9.63. The van der Waals surface area contributed by atoms with E-state index in [4.69, 9.17) is 0 Å². The summed E-state index contributed by atoms with van der Waals surface area (Å²) in [5.41, 5.74) is 1.61. The lowest BCUT2D eigenvalue weighted by Crippen LogP contribution is -2.15. The summed E-state index contributed by atoms with van der Waals surface area (Å²) in [4.78, 5) is 24.1. The van der Waals surface area contributed by atoms with Crippen molar-refractivity contribution in [2.24, 2.45) is 0 Å². The Kier molecular flexibility index (Phi) is 4.69. The molecule has 0 saturated carbocycles. The number of ketones is 1. The van der Waals surface area contributed by atoms with Crippen molar-refractivity contribution in [3.63, 3.8) is 0 Å². The Balaban J connectivity index is 2.29. The summed E-state index contributed by atoms with van der Waals surface area (Å²) in [6.07, 6.45) is 0.405. The van der Waals surface area contributed by atoms with Crippen LogP contribution < -0.4 is 5.32 Å². The van der Waals surface area contributed by atoms with Crippen molar-refractivity contribution in [2.45, 2.75) is 13.3 Å². The van der Waals surface area contributed by atoms with Gasteiger partial charge in [-0.05, 0) is 40.2 Å². The van der Waals surface area contributed by atoms with E-state index in [1.165, 1.54) is 0 Å². The first-order valence-corrected chi connectivity index (χ1v) is 7.11. The molecule has 2 aromatic rings. The number of hydrogen-bond acceptors (Lipinski definition) is 2. The highest BCUT2D eigenvalue weighted by Crippen LogP contribution is 2.21. The second kappa shape index (κ2) is 6.48. The van der Waals surface area contributed by atoms with E-state index >= 15 is 0 Å². The highest BCUT2D eigenvalue weighted by Gasteiger charge is 2.14. The molecule has 0 aliphatic heterocycles. The predicted molar refractivity (Wildman–Crippen MR) is 83.2 cm³/mol. The third kappa shape index (κ3) is 3.14. The fourth-order valence-electron chi connectivity index (χ4n) is 1.86. The molecule has 0 aliphatic rings. The number of Topliss-reactive ketones (excluding diaryl/α,β-unsaturated/α-hetero) is 1. The molecule has 0 aliphatic carbocycles. The molecule has 1 amide bonds. The summed E-state index contributed by atoms with van der Waals surface area (Å²) in [7, 11) is 0. The first-order valence-electron chi connectivity index (χ1n) is 6.31. The highest BCUT2D eigenvalue weighted by molar-refractivity contribution is 9.10. The summed E-state index contributed by atoms with van der Waals surface area (Å²) in [6.45, 7) is 1.80. The fraction of sp³-hybridized carbons (Fsp3) is 0.125. The Morgan fingerprint density at radius 2 is 1.60 bits per heavy atom. The second-order valence-electron chi connectivity index (χ2n) is 4.26. The molecule has 2 aromatic carbocycles. The van der Waals surface area contributed by atoms with Gasteiger partial charge in [-0.15, -0.1) is 0 Å². The average Bonchev–Trinajstić information content (AvgIpc) is 2.47. The summed E-state index contributed by atoms with van der Waals surface area (Å²) in [6, 6.07) is 14.2. The van der Waals surface area contributed by atoms with Gasteiger partial charge in [-0.3, -0.25) is 9.59 Å². The third-order valence-electron chi connectivity index (χ3n) is 2.92. The Hall–Kier alpha value is -1.94. The standard InChI is InChI=1S/C16H14BrNO2/c1-2-15(19)12-8-4-6-10-14(12)18-16(20)11-7-3-5-9-13(11)17/h3-10H,2H2,1H3,(H,18,20). The quantitative estimate of drug-likeness (QED) is 0.849. The molecule has 0 aromatic heterocycles. The molecule has 3 nitrogen and oxygen atoms in total. The number of rotatable bonds is 4. The van der Waals surface area contributed by atoms with E-state index < -0.39 is 0 Å². The molecule has 0 unspecified atom stereocenters. The van der Waals surface area contributed by atoms with Crippen LogP contribution in [-0.4, -0.2) is 11.7 Å². The van der Waals surface area contributed by atoms with Gasteiger partial charge in [-0.1, -0.05) is 31.2 Å². The van der Waals surface area contributed by atoms with Gasteiger partial charge in [0.1, 0.15) is 0 Å². The molecule has 4 heteroatoms. The minimum absolute atomic E-state index is 0.00743. The van der Waals surface area contributed by atoms with Crippen LogP contribution in [0.5, 0.6) is 0 Å². The van der Waals surface area contributed by atoms with Crippen molar-refractivity contribution in [1.29, 1.82) is 0 Å². The number of para-hydroxylation sites is 1. The first kappa shape index (κ1) is 14.5. The molecule has 102 valence electrons. The van der Waals surface area contributed by atoms with Crippen LogP contribution in [0.15, 0.2) is 53.0 Å². The lowest BCUT2D eigenvalue weighted by atomic mass is 10.1. The largest absolute Gasteiger partial charge is 0.321 e. The van der Waals surface area contributed by atoms with Crippen molar-refractivity contribution >= 4 is 33.3 Å². The lowest BCUT2D eigenvalue weighted by molar-refractivity contribution is 0.0989. The maximum absolute atomic E-state index is 12.2. The van der Waals surface area contributed by atoms with Gasteiger partial charge in [0.2, 0.25) is 0 Å². The third-order valence-corrected chi connectivity index (χ3v) is 3.61. The highest BCUT2D eigenvalue weighted by atomic mass is 79.9. The molecule has 0 atom stereocenters. The smallest absolute Gasteiger partial charge is 0.256 e. The van der Waals surface area contributed by atoms with Crippen LogP contribution in [0.2, 0.25) is 0 Å². The molecular weight excluding hydrogens is 318 g/mol. The number of halogens is 1. The summed E-state index contributed by atoms with van der Waals surface area (Å²) >= 11 is 3.34. The van der Waals surface area contributed by atoms with Crippen molar-refractivity contribution in [3.8, 4) is 0 Å². The summed E-state index contributed by atoms with van der Waals surface area (Å²) in [5, 5.41) is 2.79. The lowest BCUT2D eigenvalue weighted by Gasteiger charge is -2.10. The SMILES string of the molecule is CCC(=O)c1ccccc1NC(=O)c1ccccc1Br. The van der Waals surface area contributed by atoms with Gasteiger partial charge < -0.3 is 5.32 Å². The maximum Gasteiger partial charge on any atom is 0.256 e. The van der Waals surface area contributed by atoms with Crippen LogP contribution in [0.4, 0.5) is 5.69 Å². The van der Waals surface area contributed by atoms with Gasteiger partial charge in [0.25, 0.3) is 5.91 Å². The number of amides is 1. The minimum Gasteiger partial charge on any atom is -0.321 e. The molecule has 0 spiro atoms. The topological polar surface area (TPSA) is 46.2 Å². The van der Waals surface area contributed by atoms with Crippen LogP contribution in [0, 0.1) is 0 Å². The molecule has 2 rings (SSSR count). The Morgan fingerprint density at radius 3 is 2.25 bits per heavy atom. The van der Waals surface area contributed by atoms with Crippen LogP contribution in [0.3, 0.4) is 0 Å². The Morgan fingerprint density at radius 1 is 1.00 bits per heavy atom. The normalized spacial score (nSPS) is 10.1. The molecule has 1 N–H and O–H groups in total. The predicted octanol–water partition coefficient (Wildman–Crippen LogP) is 4.29. The van der Waals surface area contributed by atoms with Gasteiger partial charge in [0.05, 0.1) is 11.3 Å². The van der Waals surface area contributed by atoms with E-state index in [0.717, 1.165) is 4.47 Å². The number of carbonyl (C=O) groups is 2. The molecule has 0 fully saturated rings. The number of benzene rings is 2. The maximum atomic E-state index is 12.2. The van der Waals surface area contributed by atoms with E-state index in [1.807, 2.05) is 6.07 Å². The van der Waals surface area contributed by atoms with E-state index in [9.17, 15) is 9.59 Å². The van der Waals surface area contributed by atoms with E-state index in [2.05, 4.69) is 21.2 Å². The van der Waals surface area contributed by atoms with Gasteiger partial charge in [-0.25, -0.2) is 0 Å². The number of hydrogen-bond donors (Lipinski definition) is 1. The van der Waals surface area contributed by atoms with Crippen molar-refractivity contribution < 1.29 is 9.59 Å². The van der Waals surface area contributed by atoms with E-state index in [-0.39, 0.29) is 11.7 Å². The van der Waals surface area contributed by atoms with E-state index in [1.54, 1.807) is 49.4 Å². The van der Waals surface area contributed by atoms with Gasteiger partial charge in [0, 0.05) is 16.5 Å². The molecule has 0 saturated heterocycles. The fourth-order valence-corrected chi connectivity index (χ4v) is 2.33. The number of nitrogens with one attached hydrogen (secondary N) is 1. The Bertz CT molecular complexity index is 652. The number of carbonyl (C=O) groups excluding carboxylic acids is 2. The molecule has 0 bridgehead atoms. The monoisotopic (exact) mass is 331 g/mol. The van der Waals surface area contributed by atoms with Crippen LogP contribution in [-0.2, 0) is 0 Å². The Labute approximate surface area is 126 Å². The van der Waals surface area contributed by atoms with Crippen molar-refractivity contribution in [1.82, 2.24) is 0 Å². The molecule has 0 heterocycles. The van der Waals surface area contributed by atoms with Gasteiger partial charge in [-0.2, -0.15) is 0 Å². The van der Waals surface area contributed by atoms with Crippen molar-refractivity contribution in [2.75, 3.05) is 5.32 Å². The minimum atomic E-state index is -0.242. The second-order valence-corrected chi connectivity index (χ2v) is 5.11. The van der Waals surface area contributed by atoms with Crippen LogP contribution in [0.1, 0.15) is 34.1 Å². The van der Waals surface area contributed by atoms with E-state index in [0.29, 0.717) is 23.2 Å². The summed E-state index contributed by atoms with van der Waals surface area (Å²) in [5.74, 6) is -0.234. The molecule has 0 radical (unpaired) electrons. The van der Waals surface area contributed by atoms with Gasteiger partial charge in [0.15, 0.2) is 5.78 Å². The zero-order chi connectivity index (χ0) is 14.5.